The predicted molar refractivity (Wildman–Crippen MR) is 65.9 cm³/mol. The molecule has 0 aliphatic carbocycles. The second-order valence-electron chi connectivity index (χ2n) is 4.08. The number of rotatable bonds is 8. The van der Waals surface area contributed by atoms with Gasteiger partial charge in [-0.25, -0.2) is 0 Å². The maximum Gasteiger partial charge on any atom is 0.175 e. The van der Waals surface area contributed by atoms with Gasteiger partial charge in [0.2, 0.25) is 0 Å². The average Bonchev–Trinajstić information content (AvgIpc) is 2.30. The first kappa shape index (κ1) is 15.4. The highest BCUT2D eigenvalue weighted by Crippen LogP contribution is 2.14. The molecule has 16 heavy (non-hydrogen) atoms. The lowest BCUT2D eigenvalue weighted by molar-refractivity contribution is -0.150. The first-order valence-corrected chi connectivity index (χ1v) is 5.57. The Morgan fingerprint density at radius 1 is 1.44 bits per heavy atom. The molecular weight excluding hydrogens is 204 g/mol. The van der Waals surface area contributed by atoms with E-state index in [-0.39, 0.29) is 6.04 Å². The highest BCUT2D eigenvalue weighted by Gasteiger charge is 2.34. The molecule has 2 unspecified atom stereocenters. The molecule has 0 aliphatic rings. The van der Waals surface area contributed by atoms with E-state index >= 15 is 0 Å². The van der Waals surface area contributed by atoms with Crippen LogP contribution in [0.25, 0.3) is 0 Å². The first-order chi connectivity index (χ1) is 7.57. The lowest BCUT2D eigenvalue weighted by Gasteiger charge is -2.37. The molecular formula is C12H24N2O2. The lowest BCUT2D eigenvalue weighted by Crippen LogP contribution is -2.61. The summed E-state index contributed by atoms with van der Waals surface area (Å²) >= 11 is 0. The fourth-order valence-electron chi connectivity index (χ4n) is 1.72. The number of methoxy groups -OCH3 is 2. The normalized spacial score (nSPS) is 16.8. The van der Waals surface area contributed by atoms with Crippen LogP contribution >= 0.6 is 0 Å². The Balaban J connectivity index is 4.62. The van der Waals surface area contributed by atoms with Crippen LogP contribution in [0.1, 0.15) is 26.7 Å². The van der Waals surface area contributed by atoms with E-state index < -0.39 is 11.8 Å². The summed E-state index contributed by atoms with van der Waals surface area (Å²) in [5.41, 5.74) is 5.29. The van der Waals surface area contributed by atoms with E-state index in [2.05, 4.69) is 18.2 Å². The zero-order valence-electron chi connectivity index (χ0n) is 10.7. The maximum absolute atomic E-state index is 5.77. The molecule has 0 aromatic carbocycles. The Labute approximate surface area is 98.9 Å². The molecule has 0 radical (unpaired) electrons. The molecule has 0 rings (SSSR count). The highest BCUT2D eigenvalue weighted by molar-refractivity contribution is 5.03. The zero-order valence-corrected chi connectivity index (χ0v) is 10.7. The Morgan fingerprint density at radius 3 is 2.31 bits per heavy atom. The van der Waals surface area contributed by atoms with E-state index in [0.29, 0.717) is 6.54 Å². The van der Waals surface area contributed by atoms with Gasteiger partial charge in [-0.15, -0.1) is 6.42 Å². The molecule has 0 aromatic heterocycles. The molecule has 0 saturated carbocycles. The van der Waals surface area contributed by atoms with Crippen molar-refractivity contribution in [2.24, 2.45) is 5.73 Å². The second kappa shape index (κ2) is 7.64. The van der Waals surface area contributed by atoms with E-state index in [4.69, 9.17) is 21.6 Å². The van der Waals surface area contributed by atoms with E-state index in [1.807, 2.05) is 6.92 Å². The third-order valence-electron chi connectivity index (χ3n) is 2.65. The van der Waals surface area contributed by atoms with E-state index in [9.17, 15) is 0 Å². The number of ether oxygens (including phenoxy) is 2. The molecule has 0 aromatic rings. The number of nitrogens with one attached hydrogen (secondary N) is 1. The summed E-state index contributed by atoms with van der Waals surface area (Å²) in [5, 5.41) is 3.32. The van der Waals surface area contributed by atoms with Gasteiger partial charge in [0.05, 0.1) is 11.6 Å². The van der Waals surface area contributed by atoms with Gasteiger partial charge >= 0.3 is 0 Å². The van der Waals surface area contributed by atoms with Crippen molar-refractivity contribution < 1.29 is 9.47 Å². The van der Waals surface area contributed by atoms with Crippen molar-refractivity contribution >= 4 is 0 Å². The van der Waals surface area contributed by atoms with Gasteiger partial charge in [0.1, 0.15) is 0 Å². The summed E-state index contributed by atoms with van der Waals surface area (Å²) in [5.74, 6) is 2.72. The molecule has 0 bridgehead atoms. The zero-order chi connectivity index (χ0) is 12.6. The molecule has 94 valence electrons. The topological polar surface area (TPSA) is 56.5 Å². The molecule has 3 N–H and O–H groups in total. The third kappa shape index (κ3) is 4.11. The predicted octanol–water partition coefficient (Wildman–Crippen LogP) is 0.714. The van der Waals surface area contributed by atoms with Crippen molar-refractivity contribution in [3.63, 3.8) is 0 Å². The second-order valence-corrected chi connectivity index (χ2v) is 4.08. The van der Waals surface area contributed by atoms with Crippen molar-refractivity contribution in [2.45, 2.75) is 44.6 Å². The van der Waals surface area contributed by atoms with Gasteiger partial charge in [0.15, 0.2) is 6.29 Å². The number of hydrogen-bond donors (Lipinski definition) is 2. The number of hydrogen-bond acceptors (Lipinski definition) is 4. The Hall–Kier alpha value is -0.600. The largest absolute Gasteiger partial charge is 0.354 e. The fraction of sp³-hybridized carbons (Fsp3) is 0.833. The highest BCUT2D eigenvalue weighted by atomic mass is 16.7. The molecule has 0 fully saturated rings. The Morgan fingerprint density at radius 2 is 2.00 bits per heavy atom. The van der Waals surface area contributed by atoms with Crippen LogP contribution in [0.4, 0.5) is 0 Å². The van der Waals surface area contributed by atoms with Gasteiger partial charge in [-0.05, 0) is 13.3 Å². The quantitative estimate of drug-likeness (QED) is 0.474. The van der Waals surface area contributed by atoms with Crippen LogP contribution in [0.5, 0.6) is 0 Å². The van der Waals surface area contributed by atoms with Gasteiger partial charge in [-0.3, -0.25) is 5.32 Å². The number of terminal acetylenes is 1. The van der Waals surface area contributed by atoms with E-state index in [0.717, 1.165) is 12.8 Å². The van der Waals surface area contributed by atoms with Crippen molar-refractivity contribution in [2.75, 3.05) is 20.8 Å². The molecule has 0 heterocycles. The number of nitrogens with two attached hydrogens (primary N) is 1. The van der Waals surface area contributed by atoms with Crippen molar-refractivity contribution in [1.82, 2.24) is 5.32 Å². The van der Waals surface area contributed by atoms with Crippen LogP contribution < -0.4 is 11.1 Å². The maximum atomic E-state index is 5.77. The molecule has 0 aliphatic heterocycles. The standard InChI is InChI=1S/C12H24N2O2/c1-6-8-10(7-2)14-12(3,9-13)11(15-4)16-5/h2,10-11,14H,6,8-9,13H2,1,3-5H3. The summed E-state index contributed by atoms with van der Waals surface area (Å²) in [6.07, 6.45) is 6.99. The summed E-state index contributed by atoms with van der Waals surface area (Å²) < 4.78 is 10.5. The Kier molecular flexibility index (Phi) is 7.35. The first-order valence-electron chi connectivity index (χ1n) is 5.57. The molecule has 0 saturated heterocycles. The van der Waals surface area contributed by atoms with Crippen LogP contribution in [0, 0.1) is 12.3 Å². The third-order valence-corrected chi connectivity index (χ3v) is 2.65. The molecule has 4 nitrogen and oxygen atoms in total. The lowest BCUT2D eigenvalue weighted by atomic mass is 9.99. The average molecular weight is 228 g/mol. The SMILES string of the molecule is C#CC(CCC)NC(C)(CN)C(OC)OC. The minimum absolute atomic E-state index is 0.00801. The molecule has 4 heteroatoms. The monoisotopic (exact) mass is 228 g/mol. The molecule has 2 atom stereocenters. The van der Waals surface area contributed by atoms with Crippen LogP contribution in [-0.2, 0) is 9.47 Å². The smallest absolute Gasteiger partial charge is 0.175 e. The summed E-state index contributed by atoms with van der Waals surface area (Å²) in [4.78, 5) is 0. The minimum atomic E-state index is -0.476. The van der Waals surface area contributed by atoms with Gasteiger partial charge in [0.25, 0.3) is 0 Å². The molecule has 0 spiro atoms. The van der Waals surface area contributed by atoms with Crippen LogP contribution in [-0.4, -0.2) is 38.6 Å². The minimum Gasteiger partial charge on any atom is -0.354 e. The summed E-state index contributed by atoms with van der Waals surface area (Å²) in [7, 11) is 3.18. The van der Waals surface area contributed by atoms with Crippen molar-refractivity contribution in [3.8, 4) is 12.3 Å². The Bertz CT molecular complexity index is 224. The van der Waals surface area contributed by atoms with Gasteiger partial charge in [0, 0.05) is 20.8 Å². The van der Waals surface area contributed by atoms with Crippen LogP contribution in [0.15, 0.2) is 0 Å². The van der Waals surface area contributed by atoms with Gasteiger partial charge in [-0.1, -0.05) is 19.3 Å². The van der Waals surface area contributed by atoms with Crippen LogP contribution in [0.2, 0.25) is 0 Å². The van der Waals surface area contributed by atoms with Crippen LogP contribution in [0.3, 0.4) is 0 Å². The summed E-state index contributed by atoms with van der Waals surface area (Å²) in [6.45, 7) is 4.43. The van der Waals surface area contributed by atoms with Gasteiger partial charge < -0.3 is 15.2 Å². The van der Waals surface area contributed by atoms with Crippen molar-refractivity contribution in [1.29, 1.82) is 0 Å². The van der Waals surface area contributed by atoms with Gasteiger partial charge in [-0.2, -0.15) is 0 Å². The van der Waals surface area contributed by atoms with Crippen molar-refractivity contribution in [3.05, 3.63) is 0 Å². The molecule has 0 amide bonds. The summed E-state index contributed by atoms with van der Waals surface area (Å²) in [6, 6.07) is -0.00801. The van der Waals surface area contributed by atoms with E-state index in [1.54, 1.807) is 14.2 Å². The van der Waals surface area contributed by atoms with E-state index in [1.165, 1.54) is 0 Å². The fourth-order valence-corrected chi connectivity index (χ4v) is 1.72.